The van der Waals surface area contributed by atoms with Gasteiger partial charge in [0.05, 0.1) is 18.8 Å². The van der Waals surface area contributed by atoms with Crippen LogP contribution in [0, 0.1) is 0 Å². The summed E-state index contributed by atoms with van der Waals surface area (Å²) in [7, 11) is 0. The molecule has 0 spiro atoms. The Morgan fingerprint density at radius 3 is 0.984 bits per heavy atom. The minimum Gasteiger partial charge on any atom is -0.394 e. The van der Waals surface area contributed by atoms with Crippen molar-refractivity contribution in [1.82, 2.24) is 5.32 Å². The first kappa shape index (κ1) is 60.1. The molecule has 0 aromatic heterocycles. The molecule has 0 aliphatic carbocycles. The molecule has 1 amide bonds. The van der Waals surface area contributed by atoms with Gasteiger partial charge >= 0.3 is 0 Å². The first-order valence-electron chi connectivity index (χ1n) is 27.6. The molecule has 6 nitrogen and oxygen atoms in total. The summed E-state index contributed by atoms with van der Waals surface area (Å²) >= 11 is 0. The summed E-state index contributed by atoms with van der Waals surface area (Å²) in [6.45, 7) is 4.08. The third kappa shape index (κ3) is 44.1. The zero-order valence-corrected chi connectivity index (χ0v) is 41.2. The van der Waals surface area contributed by atoms with Crippen LogP contribution in [0.1, 0.15) is 303 Å². The Kier molecular flexibility index (Phi) is 49.3. The minimum absolute atomic E-state index is 0.369. The summed E-state index contributed by atoms with van der Waals surface area (Å²) in [6, 6.07) is -0.998. The second-order valence-electron chi connectivity index (χ2n) is 19.3. The molecular weight excluding hydrogens is 755 g/mol. The molecular formula is C55H109NO5. The highest BCUT2D eigenvalue weighted by Crippen LogP contribution is 2.18. The molecule has 0 aliphatic heterocycles. The van der Waals surface area contributed by atoms with Gasteiger partial charge in [-0.2, -0.15) is 0 Å². The summed E-state index contributed by atoms with van der Waals surface area (Å²) < 4.78 is 0. The highest BCUT2D eigenvalue weighted by molar-refractivity contribution is 5.80. The van der Waals surface area contributed by atoms with E-state index < -0.39 is 36.9 Å². The van der Waals surface area contributed by atoms with Crippen molar-refractivity contribution in [2.45, 2.75) is 327 Å². The van der Waals surface area contributed by atoms with Crippen LogP contribution < -0.4 is 5.32 Å². The topological polar surface area (TPSA) is 110 Å². The van der Waals surface area contributed by atoms with Crippen molar-refractivity contribution >= 4 is 5.91 Å². The van der Waals surface area contributed by atoms with Crippen molar-refractivity contribution in [3.8, 4) is 0 Å². The van der Waals surface area contributed by atoms with E-state index in [1.807, 2.05) is 0 Å². The van der Waals surface area contributed by atoms with Gasteiger partial charge in [-0.15, -0.1) is 0 Å². The Morgan fingerprint density at radius 1 is 0.393 bits per heavy atom. The van der Waals surface area contributed by atoms with Gasteiger partial charge in [0.2, 0.25) is 5.91 Å². The predicted octanol–water partition coefficient (Wildman–Crippen LogP) is 15.7. The van der Waals surface area contributed by atoms with Gasteiger partial charge in [-0.1, -0.05) is 276 Å². The molecule has 0 radical (unpaired) electrons. The van der Waals surface area contributed by atoms with Crippen molar-refractivity contribution in [2.24, 2.45) is 0 Å². The lowest BCUT2D eigenvalue weighted by atomic mass is 10.00. The number of aliphatic hydroxyl groups excluding tert-OH is 4. The average molecular weight is 864 g/mol. The number of aliphatic hydroxyl groups is 4. The van der Waals surface area contributed by atoms with E-state index in [4.69, 9.17) is 0 Å². The third-order valence-electron chi connectivity index (χ3n) is 13.2. The number of allylic oxidation sites excluding steroid dienone is 2. The van der Waals surface area contributed by atoms with Crippen LogP contribution in [0.5, 0.6) is 0 Å². The van der Waals surface area contributed by atoms with Gasteiger partial charge in [-0.3, -0.25) is 4.79 Å². The lowest BCUT2D eigenvalue weighted by molar-refractivity contribution is -0.132. The highest BCUT2D eigenvalue weighted by atomic mass is 16.3. The molecule has 0 rings (SSSR count). The van der Waals surface area contributed by atoms with Gasteiger partial charge in [0, 0.05) is 0 Å². The van der Waals surface area contributed by atoms with Crippen LogP contribution in [0.25, 0.3) is 0 Å². The molecule has 0 bridgehead atoms. The molecule has 4 unspecified atom stereocenters. The smallest absolute Gasteiger partial charge is 0.249 e. The SMILES string of the molecule is CCCCCCCCCCCCCCCCCC/C=C/CCCC(O)C(O)C(CO)NC(=O)C(O)CCCCCCCCCCCCCCCCCCCCCCCCCC. The molecule has 0 saturated carbocycles. The molecule has 0 fully saturated rings. The number of nitrogens with one attached hydrogen (secondary N) is 1. The van der Waals surface area contributed by atoms with Crippen molar-refractivity contribution in [1.29, 1.82) is 0 Å². The van der Waals surface area contributed by atoms with E-state index in [1.54, 1.807) is 0 Å². The van der Waals surface area contributed by atoms with Gasteiger partial charge in [0.1, 0.15) is 12.2 Å². The molecule has 0 aliphatic rings. The second kappa shape index (κ2) is 50.1. The third-order valence-corrected chi connectivity index (χ3v) is 13.2. The molecule has 0 aromatic rings. The zero-order chi connectivity index (χ0) is 44.5. The number of amides is 1. The fourth-order valence-electron chi connectivity index (χ4n) is 8.88. The second-order valence-corrected chi connectivity index (χ2v) is 19.3. The summed E-state index contributed by atoms with van der Waals surface area (Å²) in [4.78, 5) is 12.6. The van der Waals surface area contributed by atoms with E-state index in [0.29, 0.717) is 12.8 Å². The highest BCUT2D eigenvalue weighted by Gasteiger charge is 2.28. The maximum absolute atomic E-state index is 12.6. The fraction of sp³-hybridized carbons (Fsp3) is 0.945. The van der Waals surface area contributed by atoms with Crippen molar-refractivity contribution in [3.05, 3.63) is 12.2 Å². The van der Waals surface area contributed by atoms with Crippen LogP contribution in [-0.4, -0.2) is 57.3 Å². The van der Waals surface area contributed by atoms with Crippen LogP contribution in [-0.2, 0) is 4.79 Å². The summed E-state index contributed by atoms with van der Waals surface area (Å²) in [5, 5.41) is 43.9. The standard InChI is InChI=1S/C55H109NO5/c1-3-5-7-9-11-13-15-17-19-21-23-25-26-27-29-31-33-35-37-39-41-43-45-47-49-53(59)55(61)56-51(50-57)54(60)52(58)48-46-44-42-40-38-36-34-32-30-28-24-22-20-18-16-14-12-10-8-6-4-2/h40,42,51-54,57-60H,3-39,41,43-50H2,1-2H3,(H,56,61)/b42-40+. The van der Waals surface area contributed by atoms with Crippen LogP contribution in [0.4, 0.5) is 0 Å². The Labute approximate surface area is 381 Å². The van der Waals surface area contributed by atoms with E-state index in [9.17, 15) is 25.2 Å². The minimum atomic E-state index is -1.28. The molecule has 6 heteroatoms. The monoisotopic (exact) mass is 864 g/mol. The fourth-order valence-corrected chi connectivity index (χ4v) is 8.88. The van der Waals surface area contributed by atoms with Gasteiger partial charge in [0.15, 0.2) is 0 Å². The maximum atomic E-state index is 12.6. The van der Waals surface area contributed by atoms with E-state index in [-0.39, 0.29) is 0 Å². The first-order valence-corrected chi connectivity index (χ1v) is 27.6. The van der Waals surface area contributed by atoms with Crippen molar-refractivity contribution in [3.63, 3.8) is 0 Å². The van der Waals surface area contributed by atoms with E-state index >= 15 is 0 Å². The molecule has 61 heavy (non-hydrogen) atoms. The number of unbranched alkanes of at least 4 members (excludes halogenated alkanes) is 40. The number of hydrogen-bond donors (Lipinski definition) is 5. The number of carbonyl (C=O) groups is 1. The summed E-state index contributed by atoms with van der Waals surface area (Å²) in [5.41, 5.74) is 0. The van der Waals surface area contributed by atoms with Gasteiger partial charge in [-0.25, -0.2) is 0 Å². The van der Waals surface area contributed by atoms with E-state index in [1.165, 1.54) is 238 Å². The van der Waals surface area contributed by atoms with Crippen LogP contribution in [0.15, 0.2) is 12.2 Å². The maximum Gasteiger partial charge on any atom is 0.249 e. The average Bonchev–Trinajstić information content (AvgIpc) is 3.26. The molecule has 0 saturated heterocycles. The van der Waals surface area contributed by atoms with E-state index in [0.717, 1.165) is 38.5 Å². The van der Waals surface area contributed by atoms with Crippen molar-refractivity contribution in [2.75, 3.05) is 6.61 Å². The predicted molar refractivity (Wildman–Crippen MR) is 265 cm³/mol. The van der Waals surface area contributed by atoms with Gasteiger partial charge < -0.3 is 25.7 Å². The molecule has 0 heterocycles. The Bertz CT molecular complexity index is 882. The normalized spacial score (nSPS) is 13.9. The Morgan fingerprint density at radius 2 is 0.672 bits per heavy atom. The Balaban J connectivity index is 3.64. The summed E-state index contributed by atoms with van der Waals surface area (Å²) in [6.07, 6.45) is 58.5. The zero-order valence-electron chi connectivity index (χ0n) is 41.2. The first-order chi connectivity index (χ1) is 30.0. The quantitative estimate of drug-likeness (QED) is 0.0309. The Hall–Kier alpha value is -0.950. The lowest BCUT2D eigenvalue weighted by Crippen LogP contribution is -2.53. The molecule has 364 valence electrons. The number of carbonyl (C=O) groups excluding carboxylic acids is 1. The van der Waals surface area contributed by atoms with Crippen LogP contribution >= 0.6 is 0 Å². The van der Waals surface area contributed by atoms with Crippen LogP contribution in [0.2, 0.25) is 0 Å². The lowest BCUT2D eigenvalue weighted by Gasteiger charge is -2.27. The largest absolute Gasteiger partial charge is 0.394 e. The van der Waals surface area contributed by atoms with Crippen LogP contribution in [0.3, 0.4) is 0 Å². The van der Waals surface area contributed by atoms with Gasteiger partial charge in [-0.05, 0) is 38.5 Å². The molecule has 0 aromatic carbocycles. The molecule has 4 atom stereocenters. The van der Waals surface area contributed by atoms with E-state index in [2.05, 4.69) is 31.3 Å². The van der Waals surface area contributed by atoms with Gasteiger partial charge in [0.25, 0.3) is 0 Å². The van der Waals surface area contributed by atoms with Crippen molar-refractivity contribution < 1.29 is 25.2 Å². The number of hydrogen-bond acceptors (Lipinski definition) is 5. The summed E-state index contributed by atoms with van der Waals surface area (Å²) in [5.74, 6) is -0.587. The number of rotatable bonds is 51. The molecule has 5 N–H and O–H groups in total.